The molecule has 0 spiro atoms. The maximum Gasteiger partial charge on any atom is 0.410 e. The van der Waals surface area contributed by atoms with E-state index in [1.165, 1.54) is 0 Å². The van der Waals surface area contributed by atoms with Gasteiger partial charge < -0.3 is 15.4 Å². The lowest BCUT2D eigenvalue weighted by Gasteiger charge is -2.37. The minimum Gasteiger partial charge on any atom is -0.445 e. The van der Waals surface area contributed by atoms with Crippen molar-refractivity contribution < 1.29 is 9.53 Å². The maximum absolute atomic E-state index is 12.1. The predicted octanol–water partition coefficient (Wildman–Crippen LogP) is 2.38. The number of amides is 1. The number of likely N-dealkylation sites (tertiary alicyclic amines) is 1. The monoisotopic (exact) mass is 262 g/mol. The molecule has 1 aromatic rings. The zero-order valence-corrected chi connectivity index (χ0v) is 11.4. The number of nitrogens with zero attached hydrogens (tertiary/aromatic N) is 1. The Balaban J connectivity index is 1.90. The Morgan fingerprint density at radius 3 is 2.79 bits per heavy atom. The number of benzene rings is 1. The van der Waals surface area contributed by atoms with Gasteiger partial charge in [0.15, 0.2) is 0 Å². The van der Waals surface area contributed by atoms with Crippen LogP contribution in [0.2, 0.25) is 0 Å². The number of rotatable bonds is 3. The van der Waals surface area contributed by atoms with Crippen molar-refractivity contribution in [3.8, 4) is 0 Å². The van der Waals surface area contributed by atoms with Crippen molar-refractivity contribution in [3.63, 3.8) is 0 Å². The van der Waals surface area contributed by atoms with Crippen LogP contribution in [0.1, 0.15) is 25.3 Å². The third-order valence-corrected chi connectivity index (χ3v) is 3.65. The third kappa shape index (κ3) is 3.70. The van der Waals surface area contributed by atoms with E-state index >= 15 is 0 Å². The van der Waals surface area contributed by atoms with E-state index in [-0.39, 0.29) is 12.1 Å². The second-order valence-corrected chi connectivity index (χ2v) is 5.26. The average molecular weight is 262 g/mol. The van der Waals surface area contributed by atoms with Crippen LogP contribution in [0.3, 0.4) is 0 Å². The number of carbonyl (C=O) groups is 1. The highest BCUT2D eigenvalue weighted by Gasteiger charge is 2.29. The fourth-order valence-electron chi connectivity index (χ4n) is 2.48. The van der Waals surface area contributed by atoms with E-state index in [4.69, 9.17) is 10.5 Å². The van der Waals surface area contributed by atoms with E-state index in [0.29, 0.717) is 19.1 Å². The first-order chi connectivity index (χ1) is 9.20. The molecule has 1 saturated heterocycles. The molecule has 0 aromatic heterocycles. The predicted molar refractivity (Wildman–Crippen MR) is 74.6 cm³/mol. The Morgan fingerprint density at radius 2 is 2.11 bits per heavy atom. The molecular weight excluding hydrogens is 240 g/mol. The number of hydrogen-bond donors (Lipinski definition) is 1. The Bertz CT molecular complexity index is 408. The largest absolute Gasteiger partial charge is 0.445 e. The zero-order chi connectivity index (χ0) is 13.7. The first-order valence-corrected chi connectivity index (χ1v) is 6.88. The van der Waals surface area contributed by atoms with Crippen LogP contribution in [-0.2, 0) is 11.3 Å². The van der Waals surface area contributed by atoms with Crippen LogP contribution in [-0.4, -0.2) is 30.1 Å². The van der Waals surface area contributed by atoms with Gasteiger partial charge >= 0.3 is 6.09 Å². The molecule has 19 heavy (non-hydrogen) atoms. The van der Waals surface area contributed by atoms with Crippen LogP contribution in [0.25, 0.3) is 0 Å². The lowest BCUT2D eigenvalue weighted by molar-refractivity contribution is 0.0588. The molecule has 2 atom stereocenters. The van der Waals surface area contributed by atoms with Crippen molar-refractivity contribution in [1.82, 2.24) is 4.90 Å². The Kier molecular flexibility index (Phi) is 4.80. The summed E-state index contributed by atoms with van der Waals surface area (Å²) in [5, 5.41) is 0. The van der Waals surface area contributed by atoms with Crippen LogP contribution in [0.5, 0.6) is 0 Å². The summed E-state index contributed by atoms with van der Waals surface area (Å²) in [4.78, 5) is 13.9. The highest BCUT2D eigenvalue weighted by molar-refractivity contribution is 5.68. The van der Waals surface area contributed by atoms with Crippen LogP contribution < -0.4 is 5.73 Å². The van der Waals surface area contributed by atoms with Crippen molar-refractivity contribution in [3.05, 3.63) is 35.9 Å². The normalized spacial score (nSPS) is 23.2. The van der Waals surface area contributed by atoms with Gasteiger partial charge in [-0.3, -0.25) is 0 Å². The highest BCUT2D eigenvalue weighted by Crippen LogP contribution is 2.22. The van der Waals surface area contributed by atoms with Gasteiger partial charge in [0, 0.05) is 19.1 Å². The van der Waals surface area contributed by atoms with E-state index in [0.717, 1.165) is 24.9 Å². The Morgan fingerprint density at radius 1 is 1.37 bits per heavy atom. The molecule has 2 N–H and O–H groups in total. The molecule has 2 rings (SSSR count). The SMILES string of the molecule is CC1CCC(CN)N(C(=O)OCc2ccccc2)C1. The molecule has 2 unspecified atom stereocenters. The zero-order valence-electron chi connectivity index (χ0n) is 11.4. The number of carbonyl (C=O) groups excluding carboxylic acids is 1. The second-order valence-electron chi connectivity index (χ2n) is 5.26. The van der Waals surface area contributed by atoms with Crippen LogP contribution in [0.15, 0.2) is 30.3 Å². The van der Waals surface area contributed by atoms with E-state index in [1.807, 2.05) is 30.3 Å². The van der Waals surface area contributed by atoms with Gasteiger partial charge in [-0.05, 0) is 24.3 Å². The lowest BCUT2D eigenvalue weighted by atomic mass is 9.95. The smallest absolute Gasteiger partial charge is 0.410 e. The molecule has 4 nitrogen and oxygen atoms in total. The summed E-state index contributed by atoms with van der Waals surface area (Å²) in [7, 11) is 0. The van der Waals surface area contributed by atoms with E-state index in [2.05, 4.69) is 6.92 Å². The third-order valence-electron chi connectivity index (χ3n) is 3.65. The average Bonchev–Trinajstić information content (AvgIpc) is 2.46. The molecule has 0 saturated carbocycles. The molecule has 1 fully saturated rings. The minimum absolute atomic E-state index is 0.125. The van der Waals surface area contributed by atoms with Crippen molar-refractivity contribution in [2.75, 3.05) is 13.1 Å². The number of nitrogens with two attached hydrogens (primary N) is 1. The number of ether oxygens (including phenoxy) is 1. The molecule has 1 heterocycles. The van der Waals surface area contributed by atoms with Gasteiger partial charge in [0.2, 0.25) is 0 Å². The molecular formula is C15H22N2O2. The van der Waals surface area contributed by atoms with E-state index in [1.54, 1.807) is 4.90 Å². The maximum atomic E-state index is 12.1. The van der Waals surface area contributed by atoms with Gasteiger partial charge in [-0.25, -0.2) is 4.79 Å². The molecule has 104 valence electrons. The van der Waals surface area contributed by atoms with Gasteiger partial charge in [0.1, 0.15) is 6.61 Å². The molecule has 0 bridgehead atoms. The van der Waals surface area contributed by atoms with Crippen LogP contribution in [0.4, 0.5) is 4.79 Å². The standard InChI is InChI=1S/C15H22N2O2/c1-12-7-8-14(9-16)17(10-12)15(18)19-11-13-5-3-2-4-6-13/h2-6,12,14H,7-11,16H2,1H3. The highest BCUT2D eigenvalue weighted by atomic mass is 16.6. The summed E-state index contributed by atoms with van der Waals surface area (Å²) in [6.45, 7) is 3.73. The van der Waals surface area contributed by atoms with E-state index < -0.39 is 0 Å². The lowest BCUT2D eigenvalue weighted by Crippen LogP contribution is -2.49. The Hall–Kier alpha value is -1.55. The van der Waals surface area contributed by atoms with Crippen molar-refractivity contribution in [1.29, 1.82) is 0 Å². The molecule has 1 aliphatic heterocycles. The van der Waals surface area contributed by atoms with Crippen LogP contribution in [0, 0.1) is 5.92 Å². The summed E-state index contributed by atoms with van der Waals surface area (Å²) < 4.78 is 5.38. The molecule has 0 aliphatic carbocycles. The molecule has 1 amide bonds. The quantitative estimate of drug-likeness (QED) is 0.910. The molecule has 0 radical (unpaired) electrons. The van der Waals surface area contributed by atoms with Gasteiger partial charge in [0.05, 0.1) is 0 Å². The number of piperidine rings is 1. The summed E-state index contributed by atoms with van der Waals surface area (Å²) in [6.07, 6.45) is 1.86. The Labute approximate surface area is 114 Å². The summed E-state index contributed by atoms with van der Waals surface area (Å²) in [5.41, 5.74) is 6.74. The first kappa shape index (κ1) is 13.9. The van der Waals surface area contributed by atoms with Crippen molar-refractivity contribution in [2.45, 2.75) is 32.4 Å². The second kappa shape index (κ2) is 6.57. The molecule has 1 aromatic carbocycles. The molecule has 4 heteroatoms. The van der Waals surface area contributed by atoms with Crippen molar-refractivity contribution >= 4 is 6.09 Å². The van der Waals surface area contributed by atoms with Gasteiger partial charge in [-0.1, -0.05) is 37.3 Å². The van der Waals surface area contributed by atoms with Gasteiger partial charge in [0.25, 0.3) is 0 Å². The summed E-state index contributed by atoms with van der Waals surface area (Å²) >= 11 is 0. The first-order valence-electron chi connectivity index (χ1n) is 6.88. The fraction of sp³-hybridized carbons (Fsp3) is 0.533. The van der Waals surface area contributed by atoms with Crippen molar-refractivity contribution in [2.24, 2.45) is 11.7 Å². The summed E-state index contributed by atoms with van der Waals surface area (Å²) in [5.74, 6) is 0.520. The topological polar surface area (TPSA) is 55.6 Å². The van der Waals surface area contributed by atoms with E-state index in [9.17, 15) is 4.79 Å². The molecule has 1 aliphatic rings. The summed E-state index contributed by atoms with van der Waals surface area (Å²) in [6, 6.07) is 9.85. The number of hydrogen-bond acceptors (Lipinski definition) is 3. The minimum atomic E-state index is -0.245. The van der Waals surface area contributed by atoms with Gasteiger partial charge in [-0.2, -0.15) is 0 Å². The fourth-order valence-corrected chi connectivity index (χ4v) is 2.48. The van der Waals surface area contributed by atoms with Crippen LogP contribution >= 0.6 is 0 Å². The van der Waals surface area contributed by atoms with Gasteiger partial charge in [-0.15, -0.1) is 0 Å².